The number of hydrogen-bond donors (Lipinski definition) is 0. The van der Waals surface area contributed by atoms with E-state index in [1.54, 1.807) is 6.08 Å². The number of hydrogen-bond acceptors (Lipinski definition) is 4. The molecule has 0 heterocycles. The van der Waals surface area contributed by atoms with E-state index in [2.05, 4.69) is 29.5 Å². The first kappa shape index (κ1) is 23.6. The Hall–Kier alpha value is -0.430. The lowest BCUT2D eigenvalue weighted by Crippen LogP contribution is -2.25. The van der Waals surface area contributed by atoms with Crippen LogP contribution in [-0.4, -0.2) is 30.1 Å². The van der Waals surface area contributed by atoms with E-state index < -0.39 is 5.60 Å². The van der Waals surface area contributed by atoms with Crippen LogP contribution in [0.4, 0.5) is 0 Å². The van der Waals surface area contributed by atoms with Gasteiger partial charge in [0.15, 0.2) is 5.78 Å². The zero-order valence-corrected chi connectivity index (χ0v) is 19.0. The minimum atomic E-state index is -0.412. The van der Waals surface area contributed by atoms with Crippen LogP contribution in [0.1, 0.15) is 85.5 Å². The Morgan fingerprint density at radius 1 is 1.12 bits per heavy atom. The maximum absolute atomic E-state index is 12.2. The van der Waals surface area contributed by atoms with Crippen molar-refractivity contribution in [3.63, 3.8) is 0 Å². The summed E-state index contributed by atoms with van der Waals surface area (Å²) in [5.41, 5.74) is -0.412. The van der Waals surface area contributed by atoms with Crippen molar-refractivity contribution in [1.82, 2.24) is 0 Å². The molecule has 0 aromatic rings. The highest BCUT2D eigenvalue weighted by Crippen LogP contribution is 2.33. The van der Waals surface area contributed by atoms with Gasteiger partial charge in [-0.1, -0.05) is 39.0 Å². The average Bonchev–Trinajstić information content (AvgIpc) is 2.79. The summed E-state index contributed by atoms with van der Waals surface area (Å²) in [6.45, 7) is 8.48. The van der Waals surface area contributed by atoms with Gasteiger partial charge < -0.3 is 9.47 Å². The summed E-state index contributed by atoms with van der Waals surface area (Å²) in [5.74, 6) is 0.0887. The fraction of sp³-hybridized carbons (Fsp3) is 0.810. The topological polar surface area (TPSA) is 52.6 Å². The molecule has 150 valence electrons. The second kappa shape index (κ2) is 12.1. The monoisotopic (exact) mass is 478 g/mol. The summed E-state index contributed by atoms with van der Waals surface area (Å²) < 4.78 is 12.4. The van der Waals surface area contributed by atoms with Crippen LogP contribution >= 0.6 is 22.6 Å². The summed E-state index contributed by atoms with van der Waals surface area (Å²) in [7, 11) is 0. The number of esters is 1. The molecule has 0 spiro atoms. The second-order valence-corrected chi connectivity index (χ2v) is 9.32. The Labute approximate surface area is 172 Å². The summed E-state index contributed by atoms with van der Waals surface area (Å²) >= 11 is 2.24. The smallest absolute Gasteiger partial charge is 0.306 e. The van der Waals surface area contributed by atoms with E-state index >= 15 is 0 Å². The van der Waals surface area contributed by atoms with Crippen molar-refractivity contribution in [1.29, 1.82) is 0 Å². The number of carbonyl (C=O) groups excluding carboxylic acids is 2. The highest BCUT2D eigenvalue weighted by Gasteiger charge is 2.35. The van der Waals surface area contributed by atoms with E-state index in [-0.39, 0.29) is 23.8 Å². The third kappa shape index (κ3) is 9.49. The highest BCUT2D eigenvalue weighted by atomic mass is 127. The number of unbranched alkanes of at least 4 members (excludes halogenated alkanes) is 5. The lowest BCUT2D eigenvalue weighted by Gasteiger charge is -2.21. The molecular formula is C21H35IO4. The van der Waals surface area contributed by atoms with Crippen molar-refractivity contribution in [2.24, 2.45) is 5.92 Å². The Morgan fingerprint density at radius 2 is 1.81 bits per heavy atom. The molecule has 0 aromatic heterocycles. The number of allylic oxidation sites excluding steroid dienone is 1. The van der Waals surface area contributed by atoms with Crippen LogP contribution in [0, 0.1) is 5.92 Å². The molecule has 0 aromatic carbocycles. The summed E-state index contributed by atoms with van der Waals surface area (Å²) in [6, 6.07) is 0. The number of ether oxygens (including phenoxy) is 2. The van der Waals surface area contributed by atoms with E-state index in [4.69, 9.17) is 9.47 Å². The molecule has 0 fully saturated rings. The van der Waals surface area contributed by atoms with E-state index in [9.17, 15) is 9.59 Å². The maximum atomic E-state index is 12.2. The van der Waals surface area contributed by atoms with E-state index in [0.29, 0.717) is 13.0 Å². The quantitative estimate of drug-likeness (QED) is 0.203. The van der Waals surface area contributed by atoms with E-state index in [1.807, 2.05) is 20.8 Å². The average molecular weight is 478 g/mol. The largest absolute Gasteiger partial charge is 0.460 e. The van der Waals surface area contributed by atoms with Crippen LogP contribution in [0.2, 0.25) is 0 Å². The van der Waals surface area contributed by atoms with Gasteiger partial charge in [0.05, 0.1) is 12.0 Å². The summed E-state index contributed by atoms with van der Waals surface area (Å²) in [4.78, 5) is 23.8. The zero-order chi connectivity index (χ0) is 19.6. The SMILES string of the molecule is CCCCCCC1C(=O)C=C(I)C1OCCCCCC(=O)OC(C)(C)C. The Bertz CT molecular complexity index is 479. The van der Waals surface area contributed by atoms with Crippen molar-refractivity contribution in [2.75, 3.05) is 6.61 Å². The van der Waals surface area contributed by atoms with Gasteiger partial charge in [0, 0.05) is 16.6 Å². The lowest BCUT2D eigenvalue weighted by molar-refractivity contribution is -0.155. The maximum Gasteiger partial charge on any atom is 0.306 e. The fourth-order valence-electron chi connectivity index (χ4n) is 3.10. The van der Waals surface area contributed by atoms with Gasteiger partial charge in [-0.3, -0.25) is 9.59 Å². The van der Waals surface area contributed by atoms with Crippen molar-refractivity contribution in [3.8, 4) is 0 Å². The predicted octanol–water partition coefficient (Wildman–Crippen LogP) is 5.76. The number of rotatable bonds is 12. The molecule has 0 saturated carbocycles. The normalized spacial score (nSPS) is 20.3. The standard InChI is InChI=1S/C21H35IO4/c1-5-6-7-9-12-16-18(23)15-17(22)20(16)25-14-11-8-10-13-19(24)26-21(2,3)4/h15-16,20H,5-14H2,1-4H3. The number of carbonyl (C=O) groups is 2. The van der Waals surface area contributed by atoms with Crippen molar-refractivity contribution < 1.29 is 19.1 Å². The van der Waals surface area contributed by atoms with Gasteiger partial charge in [0.1, 0.15) is 5.60 Å². The molecule has 4 nitrogen and oxygen atoms in total. The highest BCUT2D eigenvalue weighted by molar-refractivity contribution is 14.1. The summed E-state index contributed by atoms with van der Waals surface area (Å²) in [5, 5.41) is 0. The molecule has 5 heteroatoms. The third-order valence-corrected chi connectivity index (χ3v) is 5.32. The predicted molar refractivity (Wildman–Crippen MR) is 113 cm³/mol. The lowest BCUT2D eigenvalue weighted by atomic mass is 9.96. The van der Waals surface area contributed by atoms with Crippen molar-refractivity contribution >= 4 is 34.3 Å². The van der Waals surface area contributed by atoms with Gasteiger partial charge in [0.25, 0.3) is 0 Å². The minimum Gasteiger partial charge on any atom is -0.460 e. The first-order chi connectivity index (χ1) is 12.2. The second-order valence-electron chi connectivity index (χ2n) is 8.08. The molecule has 0 bridgehead atoms. The van der Waals surface area contributed by atoms with Gasteiger partial charge in [-0.25, -0.2) is 0 Å². The molecule has 0 saturated heterocycles. The van der Waals surface area contributed by atoms with Gasteiger partial charge in [-0.05, 0) is 68.7 Å². The molecule has 0 radical (unpaired) electrons. The molecule has 0 N–H and O–H groups in total. The van der Waals surface area contributed by atoms with Crippen LogP contribution in [0.5, 0.6) is 0 Å². The van der Waals surface area contributed by atoms with E-state index in [1.165, 1.54) is 19.3 Å². The molecule has 1 rings (SSSR count). The molecule has 0 aliphatic heterocycles. The molecule has 2 atom stereocenters. The number of ketones is 1. The molecule has 1 aliphatic carbocycles. The van der Waals surface area contributed by atoms with Crippen LogP contribution in [0.3, 0.4) is 0 Å². The molecule has 1 aliphatic rings. The third-order valence-electron chi connectivity index (χ3n) is 4.39. The van der Waals surface area contributed by atoms with Gasteiger partial charge >= 0.3 is 5.97 Å². The van der Waals surface area contributed by atoms with Crippen LogP contribution < -0.4 is 0 Å². The number of halogens is 1. The molecule has 2 unspecified atom stereocenters. The first-order valence-electron chi connectivity index (χ1n) is 9.99. The van der Waals surface area contributed by atoms with Gasteiger partial charge in [0.2, 0.25) is 0 Å². The van der Waals surface area contributed by atoms with Crippen LogP contribution in [0.15, 0.2) is 9.66 Å². The Balaban J connectivity index is 2.22. The minimum absolute atomic E-state index is 0.000481. The van der Waals surface area contributed by atoms with Gasteiger partial charge in [-0.15, -0.1) is 0 Å². The van der Waals surface area contributed by atoms with Crippen LogP contribution in [0.25, 0.3) is 0 Å². The van der Waals surface area contributed by atoms with Crippen molar-refractivity contribution in [3.05, 3.63) is 9.66 Å². The van der Waals surface area contributed by atoms with Crippen molar-refractivity contribution in [2.45, 2.75) is 97.2 Å². The molecule has 26 heavy (non-hydrogen) atoms. The molecular weight excluding hydrogens is 443 g/mol. The molecule has 0 amide bonds. The van der Waals surface area contributed by atoms with Crippen LogP contribution in [-0.2, 0) is 19.1 Å². The first-order valence-corrected chi connectivity index (χ1v) is 11.1. The summed E-state index contributed by atoms with van der Waals surface area (Å²) in [6.07, 6.45) is 10.4. The Morgan fingerprint density at radius 3 is 2.46 bits per heavy atom. The van der Waals surface area contributed by atoms with E-state index in [0.717, 1.165) is 35.7 Å². The Kier molecular flexibility index (Phi) is 11.0. The van der Waals surface area contributed by atoms with Gasteiger partial charge in [-0.2, -0.15) is 0 Å². The fourth-order valence-corrected chi connectivity index (χ4v) is 4.02. The zero-order valence-electron chi connectivity index (χ0n) is 16.8.